The molecule has 0 spiro atoms. The molecule has 0 bridgehead atoms. The third kappa shape index (κ3) is 4.47. The van der Waals surface area contributed by atoms with E-state index in [1.807, 2.05) is 35.7 Å². The van der Waals surface area contributed by atoms with E-state index in [1.54, 1.807) is 6.20 Å². The minimum atomic E-state index is -0.146. The Labute approximate surface area is 216 Å². The second-order valence-corrected chi connectivity index (χ2v) is 10.8. The molecule has 37 heavy (non-hydrogen) atoms. The number of H-pyrrole nitrogens is 1. The van der Waals surface area contributed by atoms with Gasteiger partial charge < -0.3 is 19.4 Å². The van der Waals surface area contributed by atoms with Crippen molar-refractivity contribution in [3.63, 3.8) is 0 Å². The highest BCUT2D eigenvalue weighted by molar-refractivity contribution is 6.07. The van der Waals surface area contributed by atoms with Crippen LogP contribution in [0.2, 0.25) is 0 Å². The van der Waals surface area contributed by atoms with Gasteiger partial charge in [0.2, 0.25) is 0 Å². The maximum Gasteiger partial charge on any atom is 0.259 e. The van der Waals surface area contributed by atoms with Gasteiger partial charge in [-0.05, 0) is 50.3 Å². The highest BCUT2D eigenvalue weighted by Crippen LogP contribution is 2.31. The second-order valence-electron chi connectivity index (χ2n) is 10.8. The summed E-state index contributed by atoms with van der Waals surface area (Å²) in [5.74, 6) is 0.0578. The molecule has 1 saturated carbocycles. The third-order valence-electron chi connectivity index (χ3n) is 8.72. The van der Waals surface area contributed by atoms with E-state index in [0.717, 1.165) is 54.3 Å². The molecule has 1 aliphatic carbocycles. The van der Waals surface area contributed by atoms with Gasteiger partial charge in [-0.15, -0.1) is 0 Å². The van der Waals surface area contributed by atoms with Gasteiger partial charge in [-0.25, -0.2) is 0 Å². The topological polar surface area (TPSA) is 92.7 Å². The molecule has 2 saturated heterocycles. The molecule has 198 valence electrons. The van der Waals surface area contributed by atoms with Crippen molar-refractivity contribution in [2.24, 2.45) is 0 Å². The number of amides is 1. The van der Waals surface area contributed by atoms with Gasteiger partial charge in [0.05, 0.1) is 34.8 Å². The Kier molecular flexibility index (Phi) is 6.77. The summed E-state index contributed by atoms with van der Waals surface area (Å²) in [5, 5.41) is 6.05. The predicted octanol–water partition coefficient (Wildman–Crippen LogP) is 3.25. The summed E-state index contributed by atoms with van der Waals surface area (Å²) in [4.78, 5) is 34.1. The van der Waals surface area contributed by atoms with E-state index in [9.17, 15) is 9.59 Å². The first-order chi connectivity index (χ1) is 18.0. The van der Waals surface area contributed by atoms with E-state index >= 15 is 0 Å². The number of fused-ring (bicyclic) bond motifs is 3. The Morgan fingerprint density at radius 1 is 1.05 bits per heavy atom. The molecule has 2 aliphatic heterocycles. The zero-order valence-electron chi connectivity index (χ0n) is 21.9. The highest BCUT2D eigenvalue weighted by atomic mass is 16.5. The number of ether oxygens (including phenoxy) is 2. The molecule has 9 nitrogen and oxygen atoms in total. The Hall–Kier alpha value is -2.75. The van der Waals surface area contributed by atoms with E-state index in [2.05, 4.69) is 15.0 Å². The van der Waals surface area contributed by atoms with Gasteiger partial charge in [-0.1, -0.05) is 12.8 Å². The average Bonchev–Trinajstić information content (AvgIpc) is 3.39. The van der Waals surface area contributed by atoms with Crippen LogP contribution in [0.1, 0.15) is 60.5 Å². The maximum atomic E-state index is 13.8. The molecule has 3 aliphatic rings. The quantitative estimate of drug-likeness (QED) is 0.583. The van der Waals surface area contributed by atoms with Crippen molar-refractivity contribution < 1.29 is 14.3 Å². The summed E-state index contributed by atoms with van der Waals surface area (Å²) in [6, 6.07) is 4.54. The van der Waals surface area contributed by atoms with Crippen LogP contribution in [0.25, 0.3) is 21.8 Å². The number of carbonyl (C=O) groups excluding carboxylic acids is 1. The van der Waals surface area contributed by atoms with Gasteiger partial charge in [0.25, 0.3) is 11.5 Å². The highest BCUT2D eigenvalue weighted by Gasteiger charge is 2.33. The van der Waals surface area contributed by atoms with Gasteiger partial charge in [-0.2, -0.15) is 5.10 Å². The molecule has 0 unspecified atom stereocenters. The van der Waals surface area contributed by atoms with Gasteiger partial charge in [0.1, 0.15) is 0 Å². The van der Waals surface area contributed by atoms with Crippen molar-refractivity contribution >= 4 is 27.7 Å². The smallest absolute Gasteiger partial charge is 0.259 e. The Morgan fingerprint density at radius 3 is 2.57 bits per heavy atom. The minimum absolute atomic E-state index is 0.0578. The number of rotatable bonds is 4. The maximum absolute atomic E-state index is 13.8. The van der Waals surface area contributed by atoms with Gasteiger partial charge in [0, 0.05) is 63.5 Å². The number of piperazine rings is 1. The van der Waals surface area contributed by atoms with Gasteiger partial charge in [0.15, 0.2) is 0 Å². The fourth-order valence-corrected chi connectivity index (χ4v) is 6.63. The zero-order valence-corrected chi connectivity index (χ0v) is 21.9. The standard InChI is InChI=1S/C28H37N5O4/c1-18-15-23-21(26-22(27(34)30-23)17-29-33(26)19-7-13-37-14-8-19)16-20(18)28(35)32-11-9-31(10-12-32)24-5-3-4-6-25(24)36-2/h15-17,19,24-25H,3-14H2,1-2H3,(H,30,34)/t24-,25-/m1/s1. The summed E-state index contributed by atoms with van der Waals surface area (Å²) in [5.41, 5.74) is 2.98. The van der Waals surface area contributed by atoms with Gasteiger partial charge >= 0.3 is 0 Å². The lowest BCUT2D eigenvalue weighted by atomic mass is 9.90. The summed E-state index contributed by atoms with van der Waals surface area (Å²) < 4.78 is 13.3. The summed E-state index contributed by atoms with van der Waals surface area (Å²) in [7, 11) is 1.82. The first-order valence-electron chi connectivity index (χ1n) is 13.7. The SMILES string of the molecule is CO[C@@H]1CCCC[C@H]1N1CCN(C(=O)c2cc3c(cc2C)[nH]c(=O)c2cnn(C4CCOCC4)c23)CC1. The number of hydrogen-bond acceptors (Lipinski definition) is 6. The minimum Gasteiger partial charge on any atom is -0.381 e. The molecule has 0 radical (unpaired) electrons. The van der Waals surface area contributed by atoms with E-state index < -0.39 is 0 Å². The van der Waals surface area contributed by atoms with E-state index in [4.69, 9.17) is 9.47 Å². The van der Waals surface area contributed by atoms with Crippen LogP contribution in [0.3, 0.4) is 0 Å². The number of nitrogens with one attached hydrogen (secondary N) is 1. The number of hydrogen-bond donors (Lipinski definition) is 1. The lowest BCUT2D eigenvalue weighted by Gasteiger charge is -2.43. The van der Waals surface area contributed by atoms with Gasteiger partial charge in [-0.3, -0.25) is 19.2 Å². The molecular weight excluding hydrogens is 470 g/mol. The number of benzene rings is 1. The fraction of sp³-hybridized carbons (Fsp3) is 0.607. The van der Waals surface area contributed by atoms with E-state index in [0.29, 0.717) is 49.4 Å². The Morgan fingerprint density at radius 2 is 1.81 bits per heavy atom. The zero-order chi connectivity index (χ0) is 25.5. The number of carbonyl (C=O) groups is 1. The summed E-state index contributed by atoms with van der Waals surface area (Å²) in [6.07, 6.45) is 8.45. The molecule has 1 N–H and O–H groups in total. The molecule has 4 heterocycles. The number of aryl methyl sites for hydroxylation is 1. The van der Waals surface area contributed by atoms with E-state index in [1.165, 1.54) is 19.3 Å². The largest absolute Gasteiger partial charge is 0.381 e. The molecule has 2 aromatic heterocycles. The number of aromatic nitrogens is 3. The lowest BCUT2D eigenvalue weighted by Crippen LogP contribution is -2.55. The van der Waals surface area contributed by atoms with Crippen LogP contribution in [0.15, 0.2) is 23.1 Å². The summed E-state index contributed by atoms with van der Waals surface area (Å²) >= 11 is 0. The van der Waals surface area contributed by atoms with Crippen molar-refractivity contribution in [2.75, 3.05) is 46.5 Å². The van der Waals surface area contributed by atoms with Crippen molar-refractivity contribution in [1.82, 2.24) is 24.6 Å². The fourth-order valence-electron chi connectivity index (χ4n) is 6.63. The van der Waals surface area contributed by atoms with Crippen LogP contribution in [0, 0.1) is 6.92 Å². The summed E-state index contributed by atoms with van der Waals surface area (Å²) in [6.45, 7) is 6.50. The molecule has 3 aromatic rings. The number of nitrogens with zero attached hydrogens (tertiary/aromatic N) is 4. The molecule has 1 aromatic carbocycles. The van der Waals surface area contributed by atoms with Crippen LogP contribution in [-0.4, -0.2) is 89.1 Å². The lowest BCUT2D eigenvalue weighted by molar-refractivity contribution is -0.0249. The van der Waals surface area contributed by atoms with Crippen molar-refractivity contribution in [3.8, 4) is 0 Å². The van der Waals surface area contributed by atoms with Crippen molar-refractivity contribution in [1.29, 1.82) is 0 Å². The number of methoxy groups -OCH3 is 1. The molecule has 3 fully saturated rings. The molecule has 1 amide bonds. The first kappa shape index (κ1) is 24.6. The molecular formula is C28H37N5O4. The number of aromatic amines is 1. The van der Waals surface area contributed by atoms with Crippen LogP contribution in [0.5, 0.6) is 0 Å². The molecule has 6 rings (SSSR count). The third-order valence-corrected chi connectivity index (χ3v) is 8.72. The monoisotopic (exact) mass is 507 g/mol. The predicted molar refractivity (Wildman–Crippen MR) is 142 cm³/mol. The van der Waals surface area contributed by atoms with Crippen molar-refractivity contribution in [3.05, 3.63) is 39.8 Å². The first-order valence-corrected chi connectivity index (χ1v) is 13.7. The normalized spacial score (nSPS) is 24.2. The number of pyridine rings is 1. The Balaban J connectivity index is 1.29. The van der Waals surface area contributed by atoms with Crippen LogP contribution in [0.4, 0.5) is 0 Å². The average molecular weight is 508 g/mol. The van der Waals surface area contributed by atoms with Crippen LogP contribution in [-0.2, 0) is 9.47 Å². The molecule has 9 heteroatoms. The second kappa shape index (κ2) is 10.2. The Bertz CT molecular complexity index is 1350. The van der Waals surface area contributed by atoms with Crippen LogP contribution < -0.4 is 5.56 Å². The van der Waals surface area contributed by atoms with Crippen LogP contribution >= 0.6 is 0 Å². The molecule has 2 atom stereocenters. The van der Waals surface area contributed by atoms with Crippen molar-refractivity contribution in [2.45, 2.75) is 63.6 Å². The van der Waals surface area contributed by atoms with E-state index in [-0.39, 0.29) is 17.5 Å².